The first-order valence-corrected chi connectivity index (χ1v) is 4.65. The Hall–Kier alpha value is 0.310. The quantitative estimate of drug-likeness (QED) is 0.609. The zero-order valence-corrected chi connectivity index (χ0v) is 7.49. The summed E-state index contributed by atoms with van der Waals surface area (Å²) in [7, 11) is 0. The summed E-state index contributed by atoms with van der Waals surface area (Å²) >= 11 is 4.37. The molecular weight excluding hydrogens is 144 g/mol. The molecule has 0 aromatic heterocycles. The van der Waals surface area contributed by atoms with Gasteiger partial charge in [0.05, 0.1) is 0 Å². The molecule has 10 heavy (non-hydrogen) atoms. The van der Waals surface area contributed by atoms with Crippen LogP contribution in [0.25, 0.3) is 0 Å². The molecule has 0 bridgehead atoms. The minimum absolute atomic E-state index is 0.501. The van der Waals surface area contributed by atoms with E-state index in [1.54, 1.807) is 0 Å². The first-order chi connectivity index (χ1) is 4.83. The third-order valence-electron chi connectivity index (χ3n) is 2.64. The standard InChI is InChI=1S/C8H16OS/c1-2-8(7-10)3-5-9-6-4-8/h10H,2-7H2,1H3. The van der Waals surface area contributed by atoms with Crippen molar-refractivity contribution in [2.24, 2.45) is 5.41 Å². The number of thiol groups is 1. The van der Waals surface area contributed by atoms with Crippen molar-refractivity contribution in [1.82, 2.24) is 0 Å². The molecule has 0 saturated carbocycles. The number of hydrogen-bond acceptors (Lipinski definition) is 2. The van der Waals surface area contributed by atoms with E-state index >= 15 is 0 Å². The van der Waals surface area contributed by atoms with Gasteiger partial charge in [0.1, 0.15) is 0 Å². The van der Waals surface area contributed by atoms with Crippen molar-refractivity contribution >= 4 is 12.6 Å². The fourth-order valence-corrected chi connectivity index (χ4v) is 1.97. The van der Waals surface area contributed by atoms with Crippen LogP contribution in [0.15, 0.2) is 0 Å². The van der Waals surface area contributed by atoms with E-state index in [2.05, 4.69) is 19.6 Å². The zero-order valence-electron chi connectivity index (χ0n) is 6.60. The van der Waals surface area contributed by atoms with E-state index in [4.69, 9.17) is 4.74 Å². The molecule has 0 radical (unpaired) electrons. The SMILES string of the molecule is CCC1(CS)CCOCC1. The van der Waals surface area contributed by atoms with Crippen LogP contribution in [0.1, 0.15) is 26.2 Å². The van der Waals surface area contributed by atoms with Crippen molar-refractivity contribution in [2.75, 3.05) is 19.0 Å². The Morgan fingerprint density at radius 1 is 1.40 bits per heavy atom. The van der Waals surface area contributed by atoms with E-state index in [-0.39, 0.29) is 0 Å². The van der Waals surface area contributed by atoms with Gasteiger partial charge in [-0.1, -0.05) is 6.92 Å². The van der Waals surface area contributed by atoms with Gasteiger partial charge in [0.15, 0.2) is 0 Å². The minimum Gasteiger partial charge on any atom is -0.381 e. The predicted molar refractivity (Wildman–Crippen MR) is 46.6 cm³/mol. The predicted octanol–water partition coefficient (Wildman–Crippen LogP) is 2.12. The lowest BCUT2D eigenvalue weighted by Gasteiger charge is -2.34. The molecule has 0 N–H and O–H groups in total. The largest absolute Gasteiger partial charge is 0.381 e. The Morgan fingerprint density at radius 3 is 2.30 bits per heavy atom. The van der Waals surface area contributed by atoms with Gasteiger partial charge in [-0.2, -0.15) is 12.6 Å². The molecule has 1 rings (SSSR count). The average molecular weight is 160 g/mol. The molecule has 1 aliphatic rings. The summed E-state index contributed by atoms with van der Waals surface area (Å²) in [5, 5.41) is 0. The van der Waals surface area contributed by atoms with Crippen LogP contribution in [0.2, 0.25) is 0 Å². The smallest absolute Gasteiger partial charge is 0.0471 e. The van der Waals surface area contributed by atoms with Crippen LogP contribution in [0.3, 0.4) is 0 Å². The van der Waals surface area contributed by atoms with E-state index in [1.807, 2.05) is 0 Å². The molecule has 0 spiro atoms. The summed E-state index contributed by atoms with van der Waals surface area (Å²) in [6.07, 6.45) is 3.65. The van der Waals surface area contributed by atoms with Crippen molar-refractivity contribution < 1.29 is 4.74 Å². The van der Waals surface area contributed by atoms with Gasteiger partial charge in [-0.05, 0) is 30.4 Å². The maximum Gasteiger partial charge on any atom is 0.0471 e. The van der Waals surface area contributed by atoms with Crippen LogP contribution in [0.5, 0.6) is 0 Å². The van der Waals surface area contributed by atoms with Gasteiger partial charge in [-0.15, -0.1) is 0 Å². The molecule has 0 aromatic carbocycles. The monoisotopic (exact) mass is 160 g/mol. The maximum absolute atomic E-state index is 5.29. The highest BCUT2D eigenvalue weighted by Crippen LogP contribution is 2.34. The van der Waals surface area contributed by atoms with Crippen molar-refractivity contribution in [3.63, 3.8) is 0 Å². The van der Waals surface area contributed by atoms with E-state index in [9.17, 15) is 0 Å². The first kappa shape index (κ1) is 8.41. The third kappa shape index (κ3) is 1.67. The van der Waals surface area contributed by atoms with Crippen LogP contribution in [-0.2, 0) is 4.74 Å². The molecule has 2 heteroatoms. The van der Waals surface area contributed by atoms with E-state index in [0.717, 1.165) is 19.0 Å². The zero-order chi connectivity index (χ0) is 7.45. The molecule has 1 aliphatic heterocycles. The van der Waals surface area contributed by atoms with Gasteiger partial charge >= 0.3 is 0 Å². The van der Waals surface area contributed by atoms with Crippen molar-refractivity contribution in [1.29, 1.82) is 0 Å². The van der Waals surface area contributed by atoms with E-state index in [1.165, 1.54) is 19.3 Å². The molecule has 60 valence electrons. The van der Waals surface area contributed by atoms with Gasteiger partial charge < -0.3 is 4.74 Å². The summed E-state index contributed by atoms with van der Waals surface area (Å²) in [5.74, 6) is 1.02. The summed E-state index contributed by atoms with van der Waals surface area (Å²) < 4.78 is 5.29. The van der Waals surface area contributed by atoms with E-state index in [0.29, 0.717) is 5.41 Å². The van der Waals surface area contributed by atoms with E-state index < -0.39 is 0 Å². The summed E-state index contributed by atoms with van der Waals surface area (Å²) in [6, 6.07) is 0. The van der Waals surface area contributed by atoms with Crippen LogP contribution >= 0.6 is 12.6 Å². The van der Waals surface area contributed by atoms with Crippen LogP contribution < -0.4 is 0 Å². The van der Waals surface area contributed by atoms with Gasteiger partial charge in [-0.25, -0.2) is 0 Å². The fourth-order valence-electron chi connectivity index (χ4n) is 1.43. The number of ether oxygens (including phenoxy) is 1. The molecule has 1 fully saturated rings. The topological polar surface area (TPSA) is 9.23 Å². The molecule has 1 nitrogen and oxygen atoms in total. The van der Waals surface area contributed by atoms with Crippen LogP contribution in [-0.4, -0.2) is 19.0 Å². The Bertz CT molecular complexity index is 91.4. The van der Waals surface area contributed by atoms with Gasteiger partial charge in [0, 0.05) is 13.2 Å². The molecule has 0 atom stereocenters. The summed E-state index contributed by atoms with van der Waals surface area (Å²) in [6.45, 7) is 4.13. The summed E-state index contributed by atoms with van der Waals surface area (Å²) in [5.41, 5.74) is 0.501. The average Bonchev–Trinajstić information content (AvgIpc) is 2.06. The van der Waals surface area contributed by atoms with Crippen molar-refractivity contribution in [3.05, 3.63) is 0 Å². The van der Waals surface area contributed by atoms with Gasteiger partial charge in [-0.3, -0.25) is 0 Å². The highest BCUT2D eigenvalue weighted by Gasteiger charge is 2.28. The molecule has 0 aliphatic carbocycles. The number of hydrogen-bond donors (Lipinski definition) is 1. The van der Waals surface area contributed by atoms with Crippen molar-refractivity contribution in [3.8, 4) is 0 Å². The minimum atomic E-state index is 0.501. The fraction of sp³-hybridized carbons (Fsp3) is 1.00. The molecule has 1 heterocycles. The second-order valence-corrected chi connectivity index (χ2v) is 3.44. The normalized spacial score (nSPS) is 24.6. The molecular formula is C8H16OS. The first-order valence-electron chi connectivity index (χ1n) is 4.01. The second-order valence-electron chi connectivity index (χ2n) is 3.12. The van der Waals surface area contributed by atoms with Gasteiger partial charge in [0.25, 0.3) is 0 Å². The highest BCUT2D eigenvalue weighted by atomic mass is 32.1. The lowest BCUT2D eigenvalue weighted by Crippen LogP contribution is -2.30. The summed E-state index contributed by atoms with van der Waals surface area (Å²) in [4.78, 5) is 0. The second kappa shape index (κ2) is 3.63. The Morgan fingerprint density at radius 2 is 2.00 bits per heavy atom. The Labute approximate surface area is 68.6 Å². The van der Waals surface area contributed by atoms with Crippen molar-refractivity contribution in [2.45, 2.75) is 26.2 Å². The van der Waals surface area contributed by atoms with Gasteiger partial charge in [0.2, 0.25) is 0 Å². The number of rotatable bonds is 2. The lowest BCUT2D eigenvalue weighted by molar-refractivity contribution is 0.0247. The third-order valence-corrected chi connectivity index (χ3v) is 3.31. The molecule has 1 saturated heterocycles. The Kier molecular flexibility index (Phi) is 3.05. The van der Waals surface area contributed by atoms with Crippen LogP contribution in [0, 0.1) is 5.41 Å². The molecule has 0 amide bonds. The highest BCUT2D eigenvalue weighted by molar-refractivity contribution is 7.80. The Balaban J connectivity index is 2.44. The van der Waals surface area contributed by atoms with Crippen LogP contribution in [0.4, 0.5) is 0 Å². The maximum atomic E-state index is 5.29. The molecule has 0 aromatic rings. The molecule has 0 unspecified atom stereocenters. The lowest BCUT2D eigenvalue weighted by atomic mass is 9.80.